The third kappa shape index (κ3) is 2.09. The summed E-state index contributed by atoms with van der Waals surface area (Å²) in [5.74, 6) is 0.728. The molecule has 82 valence electrons. The average molecular weight is 206 g/mol. The van der Waals surface area contributed by atoms with Gasteiger partial charge in [0, 0.05) is 24.0 Å². The monoisotopic (exact) mass is 206 g/mol. The fraction of sp³-hybridized carbons (Fsp3) is 0.636. The van der Waals surface area contributed by atoms with Crippen LogP contribution in [0.5, 0.6) is 0 Å². The summed E-state index contributed by atoms with van der Waals surface area (Å²) in [6.07, 6.45) is 3.43. The van der Waals surface area contributed by atoms with Gasteiger partial charge in [0.2, 0.25) is 5.95 Å². The summed E-state index contributed by atoms with van der Waals surface area (Å²) in [6, 6.07) is 0.226. The topological polar surface area (TPSA) is 63.8 Å². The molecule has 1 aromatic heterocycles. The van der Waals surface area contributed by atoms with Crippen molar-refractivity contribution >= 4 is 5.95 Å². The summed E-state index contributed by atoms with van der Waals surface area (Å²) in [4.78, 5) is 8.98. The largest absolute Gasteiger partial charge is 0.350 e. The smallest absolute Gasteiger partial charge is 0.223 e. The van der Waals surface area contributed by atoms with E-state index in [2.05, 4.69) is 22.2 Å². The molecule has 1 atom stereocenters. The zero-order valence-corrected chi connectivity index (χ0v) is 9.38. The lowest BCUT2D eigenvalue weighted by Crippen LogP contribution is -2.26. The van der Waals surface area contributed by atoms with Crippen LogP contribution in [-0.4, -0.2) is 22.6 Å². The van der Waals surface area contributed by atoms with Crippen LogP contribution in [0.2, 0.25) is 0 Å². The van der Waals surface area contributed by atoms with Crippen molar-refractivity contribution in [2.45, 2.75) is 39.2 Å². The predicted molar refractivity (Wildman–Crippen MR) is 60.9 cm³/mol. The summed E-state index contributed by atoms with van der Waals surface area (Å²) in [5, 5.41) is 3.21. The van der Waals surface area contributed by atoms with Crippen LogP contribution in [0.15, 0.2) is 0 Å². The number of rotatable bonds is 3. The SMILES string of the molecule is Cc1nc(NC(C)CN)nc2c1CCC2. The van der Waals surface area contributed by atoms with Gasteiger partial charge in [0.15, 0.2) is 0 Å². The first-order valence-electron chi connectivity index (χ1n) is 5.53. The van der Waals surface area contributed by atoms with E-state index in [4.69, 9.17) is 5.73 Å². The lowest BCUT2D eigenvalue weighted by atomic mass is 10.2. The van der Waals surface area contributed by atoms with Crippen molar-refractivity contribution in [1.29, 1.82) is 0 Å². The molecule has 4 heteroatoms. The predicted octanol–water partition coefficient (Wildman–Crippen LogP) is 1.03. The molecule has 0 saturated carbocycles. The number of aryl methyl sites for hydroxylation is 2. The number of nitrogens with zero attached hydrogens (tertiary/aromatic N) is 2. The number of aromatic nitrogens is 2. The number of nitrogens with one attached hydrogen (secondary N) is 1. The lowest BCUT2D eigenvalue weighted by molar-refractivity contribution is 0.785. The number of nitrogens with two attached hydrogens (primary N) is 1. The van der Waals surface area contributed by atoms with Crippen molar-refractivity contribution in [2.75, 3.05) is 11.9 Å². The van der Waals surface area contributed by atoms with Gasteiger partial charge in [-0.1, -0.05) is 0 Å². The van der Waals surface area contributed by atoms with Crippen LogP contribution in [0.25, 0.3) is 0 Å². The normalized spacial score (nSPS) is 16.2. The molecule has 0 spiro atoms. The molecule has 0 fully saturated rings. The van der Waals surface area contributed by atoms with Crippen LogP contribution in [0.1, 0.15) is 30.3 Å². The van der Waals surface area contributed by atoms with E-state index in [9.17, 15) is 0 Å². The van der Waals surface area contributed by atoms with Crippen LogP contribution in [-0.2, 0) is 12.8 Å². The van der Waals surface area contributed by atoms with Gasteiger partial charge in [0.1, 0.15) is 0 Å². The summed E-state index contributed by atoms with van der Waals surface area (Å²) in [6.45, 7) is 4.69. The standard InChI is InChI=1S/C11H18N4/c1-7(6-12)13-11-14-8(2)9-4-3-5-10(9)15-11/h7H,3-6,12H2,1-2H3,(H,13,14,15). The van der Waals surface area contributed by atoms with E-state index in [0.717, 1.165) is 24.5 Å². The highest BCUT2D eigenvalue weighted by Gasteiger charge is 2.17. The first-order valence-corrected chi connectivity index (χ1v) is 5.53. The Labute approximate surface area is 90.3 Å². The van der Waals surface area contributed by atoms with Gasteiger partial charge in [-0.3, -0.25) is 0 Å². The molecule has 0 aromatic carbocycles. The molecular formula is C11H18N4. The van der Waals surface area contributed by atoms with Crippen molar-refractivity contribution in [3.63, 3.8) is 0 Å². The van der Waals surface area contributed by atoms with Crippen LogP contribution in [0.4, 0.5) is 5.95 Å². The van der Waals surface area contributed by atoms with Gasteiger partial charge in [-0.2, -0.15) is 0 Å². The number of hydrogen-bond acceptors (Lipinski definition) is 4. The highest BCUT2D eigenvalue weighted by atomic mass is 15.1. The molecule has 0 radical (unpaired) electrons. The molecular weight excluding hydrogens is 188 g/mol. The van der Waals surface area contributed by atoms with Crippen molar-refractivity contribution in [3.05, 3.63) is 17.0 Å². The molecule has 0 aliphatic heterocycles. The average Bonchev–Trinajstić information content (AvgIpc) is 2.66. The molecule has 4 nitrogen and oxygen atoms in total. The van der Waals surface area contributed by atoms with E-state index in [1.54, 1.807) is 0 Å². The third-order valence-corrected chi connectivity index (χ3v) is 2.87. The van der Waals surface area contributed by atoms with Crippen molar-refractivity contribution in [3.8, 4) is 0 Å². The van der Waals surface area contributed by atoms with E-state index in [1.807, 2.05) is 6.92 Å². The quantitative estimate of drug-likeness (QED) is 0.775. The van der Waals surface area contributed by atoms with Gasteiger partial charge in [-0.05, 0) is 38.7 Å². The molecule has 15 heavy (non-hydrogen) atoms. The number of hydrogen-bond donors (Lipinski definition) is 2. The Balaban J connectivity index is 2.23. The van der Waals surface area contributed by atoms with Gasteiger partial charge in [-0.25, -0.2) is 9.97 Å². The minimum absolute atomic E-state index is 0.226. The van der Waals surface area contributed by atoms with Gasteiger partial charge < -0.3 is 11.1 Å². The van der Waals surface area contributed by atoms with E-state index in [-0.39, 0.29) is 6.04 Å². The molecule has 1 heterocycles. The Bertz CT molecular complexity index is 362. The maximum Gasteiger partial charge on any atom is 0.223 e. The van der Waals surface area contributed by atoms with Gasteiger partial charge in [0.05, 0.1) is 0 Å². The Kier molecular flexibility index (Phi) is 2.86. The van der Waals surface area contributed by atoms with Crippen LogP contribution in [0.3, 0.4) is 0 Å². The summed E-state index contributed by atoms with van der Waals surface area (Å²) in [5.41, 5.74) is 9.23. The Morgan fingerprint density at radius 3 is 2.93 bits per heavy atom. The first kappa shape index (κ1) is 10.4. The van der Waals surface area contributed by atoms with E-state index >= 15 is 0 Å². The fourth-order valence-corrected chi connectivity index (χ4v) is 1.96. The minimum Gasteiger partial charge on any atom is -0.350 e. The van der Waals surface area contributed by atoms with Gasteiger partial charge >= 0.3 is 0 Å². The highest BCUT2D eigenvalue weighted by molar-refractivity contribution is 5.37. The number of fused-ring (bicyclic) bond motifs is 1. The molecule has 0 saturated heterocycles. The Morgan fingerprint density at radius 1 is 1.40 bits per heavy atom. The molecule has 2 rings (SSSR count). The summed E-state index contributed by atoms with van der Waals surface area (Å²) < 4.78 is 0. The Morgan fingerprint density at radius 2 is 2.20 bits per heavy atom. The van der Waals surface area contributed by atoms with Crippen molar-refractivity contribution < 1.29 is 0 Å². The van der Waals surface area contributed by atoms with Crippen LogP contribution < -0.4 is 11.1 Å². The zero-order valence-electron chi connectivity index (χ0n) is 9.38. The Hall–Kier alpha value is -1.16. The maximum atomic E-state index is 5.55. The van der Waals surface area contributed by atoms with E-state index in [1.165, 1.54) is 17.7 Å². The molecule has 1 aliphatic rings. The van der Waals surface area contributed by atoms with Gasteiger partial charge in [-0.15, -0.1) is 0 Å². The molecule has 1 aliphatic carbocycles. The number of anilines is 1. The van der Waals surface area contributed by atoms with Crippen molar-refractivity contribution in [1.82, 2.24) is 9.97 Å². The van der Waals surface area contributed by atoms with E-state index < -0.39 is 0 Å². The van der Waals surface area contributed by atoms with Crippen LogP contribution >= 0.6 is 0 Å². The second-order valence-electron chi connectivity index (χ2n) is 4.19. The summed E-state index contributed by atoms with van der Waals surface area (Å²) >= 11 is 0. The second kappa shape index (κ2) is 4.14. The van der Waals surface area contributed by atoms with E-state index in [0.29, 0.717) is 6.54 Å². The molecule has 1 unspecified atom stereocenters. The van der Waals surface area contributed by atoms with Crippen LogP contribution in [0, 0.1) is 6.92 Å². The second-order valence-corrected chi connectivity index (χ2v) is 4.19. The molecule has 3 N–H and O–H groups in total. The lowest BCUT2D eigenvalue weighted by Gasteiger charge is -2.13. The highest BCUT2D eigenvalue weighted by Crippen LogP contribution is 2.23. The van der Waals surface area contributed by atoms with Gasteiger partial charge in [0.25, 0.3) is 0 Å². The third-order valence-electron chi connectivity index (χ3n) is 2.87. The fourth-order valence-electron chi connectivity index (χ4n) is 1.96. The molecule has 1 aromatic rings. The molecule has 0 bridgehead atoms. The molecule has 0 amide bonds. The minimum atomic E-state index is 0.226. The zero-order chi connectivity index (χ0) is 10.8. The maximum absolute atomic E-state index is 5.55. The van der Waals surface area contributed by atoms with Crippen molar-refractivity contribution in [2.24, 2.45) is 5.73 Å². The summed E-state index contributed by atoms with van der Waals surface area (Å²) in [7, 11) is 0. The first-order chi connectivity index (χ1) is 7.20.